The van der Waals surface area contributed by atoms with Crippen LogP contribution >= 0.6 is 39.7 Å². The van der Waals surface area contributed by atoms with Crippen LogP contribution in [0.5, 0.6) is 0 Å². The molecule has 17 heavy (non-hydrogen) atoms. The highest BCUT2D eigenvalue weighted by molar-refractivity contribution is 9.28. The summed E-state index contributed by atoms with van der Waals surface area (Å²) in [5, 5.41) is 0. The molecule has 1 unspecified atom stereocenters. The van der Waals surface area contributed by atoms with Gasteiger partial charge in [0.05, 0.1) is 10.5 Å². The summed E-state index contributed by atoms with van der Waals surface area (Å²) in [6, 6.07) is 0. The molecule has 12 heteroatoms. The van der Waals surface area contributed by atoms with Crippen LogP contribution in [0.25, 0.3) is 0 Å². The molecule has 1 atom stereocenters. The predicted octanol–water partition coefficient (Wildman–Crippen LogP) is 3.79. The summed E-state index contributed by atoms with van der Waals surface area (Å²) in [7, 11) is -3.49. The molecule has 0 spiro atoms. The van der Waals surface area contributed by atoms with E-state index in [4.69, 9.17) is 0 Å². The van der Waals surface area contributed by atoms with Gasteiger partial charge in [-0.3, -0.25) is 0 Å². The summed E-state index contributed by atoms with van der Waals surface area (Å²) in [6.45, 7) is -1.79. The third kappa shape index (κ3) is 10.0. The SMILES string of the molecule is COOP(=O)(OC=C(Br)Br)OOCC(F)(F)F. The molecule has 0 saturated heterocycles. The molecule has 0 amide bonds. The van der Waals surface area contributed by atoms with Crippen LogP contribution in [0.15, 0.2) is 9.65 Å². The lowest BCUT2D eigenvalue weighted by Crippen LogP contribution is -2.17. The summed E-state index contributed by atoms with van der Waals surface area (Å²) in [5.74, 6) is 0. The second kappa shape index (κ2) is 7.72. The van der Waals surface area contributed by atoms with E-state index in [0.29, 0.717) is 0 Å². The maximum absolute atomic E-state index is 11.7. The molecule has 6 nitrogen and oxygen atoms in total. The van der Waals surface area contributed by atoms with Gasteiger partial charge in [0.25, 0.3) is 0 Å². The van der Waals surface area contributed by atoms with E-state index in [2.05, 4.69) is 55.5 Å². The first-order valence-electron chi connectivity index (χ1n) is 3.58. The van der Waals surface area contributed by atoms with E-state index >= 15 is 0 Å². The fraction of sp³-hybridized carbons (Fsp3) is 0.600. The second-order valence-electron chi connectivity index (χ2n) is 2.15. The van der Waals surface area contributed by atoms with E-state index in [9.17, 15) is 17.7 Å². The summed E-state index contributed by atoms with van der Waals surface area (Å²) >= 11 is 5.67. The Morgan fingerprint density at radius 1 is 1.35 bits per heavy atom. The number of hydrogen-bond acceptors (Lipinski definition) is 6. The van der Waals surface area contributed by atoms with Crippen LogP contribution in [-0.2, 0) is 28.2 Å². The van der Waals surface area contributed by atoms with E-state index in [1.54, 1.807) is 0 Å². The Hall–Kier alpha value is 0.360. The fourth-order valence-electron chi connectivity index (χ4n) is 0.401. The third-order valence-electron chi connectivity index (χ3n) is 0.803. The zero-order valence-electron chi connectivity index (χ0n) is 8.07. The lowest BCUT2D eigenvalue weighted by atomic mass is 10.7. The van der Waals surface area contributed by atoms with Crippen molar-refractivity contribution in [1.82, 2.24) is 0 Å². The molecule has 0 rings (SSSR count). The van der Waals surface area contributed by atoms with Crippen LogP contribution in [0.3, 0.4) is 0 Å². The lowest BCUT2D eigenvalue weighted by Gasteiger charge is -2.13. The highest BCUT2D eigenvalue weighted by Gasteiger charge is 2.35. The fourth-order valence-corrected chi connectivity index (χ4v) is 1.57. The lowest BCUT2D eigenvalue weighted by molar-refractivity contribution is -0.309. The van der Waals surface area contributed by atoms with Crippen molar-refractivity contribution in [3.05, 3.63) is 9.65 Å². The Morgan fingerprint density at radius 2 is 1.94 bits per heavy atom. The molecule has 0 radical (unpaired) electrons. The molecule has 0 bridgehead atoms. The van der Waals surface area contributed by atoms with E-state index in [1.807, 2.05) is 0 Å². The monoisotopic (exact) mass is 408 g/mol. The van der Waals surface area contributed by atoms with Gasteiger partial charge in [-0.1, -0.05) is 0 Å². The summed E-state index contributed by atoms with van der Waals surface area (Å²) in [4.78, 5) is 7.66. The first kappa shape index (κ1) is 17.4. The molecular formula is C5H6Br2F3O6P. The van der Waals surface area contributed by atoms with Crippen molar-refractivity contribution in [2.45, 2.75) is 6.18 Å². The molecule has 0 aliphatic heterocycles. The zero-order chi connectivity index (χ0) is 13.5. The predicted molar refractivity (Wildman–Crippen MR) is 55.8 cm³/mol. The van der Waals surface area contributed by atoms with Crippen LogP contribution in [0.4, 0.5) is 13.2 Å². The Kier molecular flexibility index (Phi) is 7.88. The van der Waals surface area contributed by atoms with Crippen molar-refractivity contribution in [1.29, 1.82) is 0 Å². The average molecular weight is 410 g/mol. The Balaban J connectivity index is 4.31. The second-order valence-corrected chi connectivity index (χ2v) is 6.33. The van der Waals surface area contributed by atoms with Gasteiger partial charge in [0.1, 0.15) is 6.26 Å². The normalized spacial score (nSPS) is 15.2. The maximum Gasteiger partial charge on any atom is 0.585 e. The Labute approximate surface area is 111 Å². The van der Waals surface area contributed by atoms with Crippen LogP contribution in [0.1, 0.15) is 0 Å². The molecule has 0 N–H and O–H groups in total. The maximum atomic E-state index is 11.7. The minimum atomic E-state index is -4.65. The van der Waals surface area contributed by atoms with Crippen molar-refractivity contribution >= 4 is 39.7 Å². The number of rotatable bonds is 7. The number of phosphoric acid groups is 1. The van der Waals surface area contributed by atoms with Gasteiger partial charge < -0.3 is 4.52 Å². The van der Waals surface area contributed by atoms with Gasteiger partial charge in [-0.05, 0) is 31.9 Å². The van der Waals surface area contributed by atoms with Crippen molar-refractivity contribution in [3.8, 4) is 0 Å². The minimum Gasteiger partial charge on any atom is -0.407 e. The van der Waals surface area contributed by atoms with Crippen molar-refractivity contribution in [2.24, 2.45) is 0 Å². The van der Waals surface area contributed by atoms with E-state index in [0.717, 1.165) is 13.4 Å². The highest BCUT2D eigenvalue weighted by Crippen LogP contribution is 2.50. The van der Waals surface area contributed by atoms with Crippen LogP contribution in [0, 0.1) is 0 Å². The van der Waals surface area contributed by atoms with E-state index < -0.39 is 20.6 Å². The van der Waals surface area contributed by atoms with Crippen molar-refractivity contribution in [3.63, 3.8) is 0 Å². The average Bonchev–Trinajstić information content (AvgIpc) is 2.13. The van der Waals surface area contributed by atoms with Crippen molar-refractivity contribution in [2.75, 3.05) is 13.7 Å². The van der Waals surface area contributed by atoms with E-state index in [1.165, 1.54) is 0 Å². The summed E-state index contributed by atoms with van der Waals surface area (Å²) < 4.78 is 59.0. The third-order valence-corrected chi connectivity index (χ3v) is 2.16. The van der Waals surface area contributed by atoms with Gasteiger partial charge in [0.2, 0.25) is 0 Å². The van der Waals surface area contributed by atoms with Crippen LogP contribution in [-0.4, -0.2) is 19.9 Å². The van der Waals surface area contributed by atoms with Gasteiger partial charge >= 0.3 is 14.0 Å². The van der Waals surface area contributed by atoms with Crippen LogP contribution in [0.2, 0.25) is 0 Å². The Bertz CT molecular complexity index is 305. The van der Waals surface area contributed by atoms with E-state index in [-0.39, 0.29) is 3.39 Å². The largest absolute Gasteiger partial charge is 0.585 e. The molecule has 0 aromatic carbocycles. The number of hydrogen-bond donors (Lipinski definition) is 0. The summed E-state index contributed by atoms with van der Waals surface area (Å²) in [5.41, 5.74) is 0. The molecule has 0 aliphatic carbocycles. The highest BCUT2D eigenvalue weighted by atomic mass is 79.9. The summed E-state index contributed by atoms with van der Waals surface area (Å²) in [6.07, 6.45) is -3.85. The number of alkyl halides is 3. The van der Waals surface area contributed by atoms with Gasteiger partial charge in [-0.15, -0.1) is 9.35 Å². The standard InChI is InChI=1S/C5H6Br2F3O6P/c1-12-15-17(11,14-2-4(6)7)16-13-3-5(8,9)10/h2H,3H2,1H3. The Morgan fingerprint density at radius 3 is 2.35 bits per heavy atom. The first-order chi connectivity index (χ1) is 7.68. The quantitative estimate of drug-likeness (QED) is 0.276. The number of halogens is 5. The smallest absolute Gasteiger partial charge is 0.407 e. The van der Waals surface area contributed by atoms with Gasteiger partial charge in [-0.2, -0.15) is 13.2 Å². The molecule has 0 aliphatic rings. The first-order valence-corrected chi connectivity index (χ1v) is 6.63. The molecule has 0 aromatic heterocycles. The zero-order valence-corrected chi connectivity index (χ0v) is 12.1. The van der Waals surface area contributed by atoms with Crippen LogP contribution < -0.4 is 0 Å². The van der Waals surface area contributed by atoms with Gasteiger partial charge in [0.15, 0.2) is 6.61 Å². The molecule has 0 aromatic rings. The molecule has 102 valence electrons. The molecule has 0 saturated carbocycles. The van der Waals surface area contributed by atoms with Crippen molar-refractivity contribution < 1.29 is 41.4 Å². The minimum absolute atomic E-state index is 0.198. The molecule has 0 heterocycles. The van der Waals surface area contributed by atoms with Gasteiger partial charge in [-0.25, -0.2) is 14.3 Å². The molecule has 0 fully saturated rings. The molecular weight excluding hydrogens is 404 g/mol. The topological polar surface area (TPSA) is 63.2 Å². The van der Waals surface area contributed by atoms with Gasteiger partial charge in [0, 0.05) is 0 Å².